The molecule has 0 aliphatic heterocycles. The molecule has 0 radical (unpaired) electrons. The van der Waals surface area contributed by atoms with Crippen molar-refractivity contribution in [2.24, 2.45) is 0 Å². The molecule has 0 aliphatic rings. The van der Waals surface area contributed by atoms with E-state index in [2.05, 4.69) is 36.4 Å². The SMILES string of the molecule is OCCCCCCCCCCCCCCCc1ccc2ccccc2n1. The van der Waals surface area contributed by atoms with E-state index in [1.54, 1.807) is 0 Å². The molecule has 0 fully saturated rings. The van der Waals surface area contributed by atoms with Crippen molar-refractivity contribution in [1.82, 2.24) is 4.98 Å². The maximum atomic E-state index is 8.74. The molecule has 0 atom stereocenters. The van der Waals surface area contributed by atoms with Crippen molar-refractivity contribution in [3.05, 3.63) is 42.1 Å². The molecule has 2 aromatic rings. The fraction of sp³-hybridized carbons (Fsp3) is 0.625. The number of nitrogens with zero attached hydrogens (tertiary/aromatic N) is 1. The van der Waals surface area contributed by atoms with Crippen LogP contribution in [-0.2, 0) is 6.42 Å². The van der Waals surface area contributed by atoms with Gasteiger partial charge in [-0.3, -0.25) is 4.98 Å². The maximum absolute atomic E-state index is 8.74. The van der Waals surface area contributed by atoms with Gasteiger partial charge in [-0.25, -0.2) is 0 Å². The quantitative estimate of drug-likeness (QED) is 0.355. The minimum Gasteiger partial charge on any atom is -0.396 e. The second-order valence-corrected chi connectivity index (χ2v) is 7.57. The molecule has 0 aliphatic carbocycles. The van der Waals surface area contributed by atoms with E-state index < -0.39 is 0 Å². The van der Waals surface area contributed by atoms with Crippen molar-refractivity contribution in [2.75, 3.05) is 6.61 Å². The van der Waals surface area contributed by atoms with Gasteiger partial charge in [-0.05, 0) is 31.4 Å². The summed E-state index contributed by atoms with van der Waals surface area (Å²) in [5.41, 5.74) is 2.36. The van der Waals surface area contributed by atoms with Crippen LogP contribution in [0.5, 0.6) is 0 Å². The average Bonchev–Trinajstić information content (AvgIpc) is 2.68. The van der Waals surface area contributed by atoms with E-state index in [0.717, 1.165) is 18.4 Å². The standard InChI is InChI=1S/C24H37NO/c26-21-15-11-9-7-5-3-1-2-4-6-8-10-12-17-23-20-19-22-16-13-14-18-24(22)25-23/h13-14,16,18-20,26H,1-12,15,17,21H2. The molecule has 0 saturated carbocycles. The number of rotatable bonds is 15. The van der Waals surface area contributed by atoms with Gasteiger partial charge in [-0.15, -0.1) is 0 Å². The third-order valence-corrected chi connectivity index (χ3v) is 5.25. The largest absolute Gasteiger partial charge is 0.396 e. The summed E-state index contributed by atoms with van der Waals surface area (Å²) in [6.45, 7) is 0.360. The van der Waals surface area contributed by atoms with Crippen molar-refractivity contribution >= 4 is 10.9 Å². The van der Waals surface area contributed by atoms with Crippen LogP contribution in [0.1, 0.15) is 89.2 Å². The molecule has 1 aromatic carbocycles. The van der Waals surface area contributed by atoms with Crippen LogP contribution < -0.4 is 0 Å². The molecule has 2 rings (SSSR count). The van der Waals surface area contributed by atoms with Crippen LogP contribution in [0, 0.1) is 0 Å². The van der Waals surface area contributed by atoms with E-state index in [1.165, 1.54) is 88.1 Å². The van der Waals surface area contributed by atoms with E-state index in [1.807, 2.05) is 0 Å². The van der Waals surface area contributed by atoms with E-state index >= 15 is 0 Å². The van der Waals surface area contributed by atoms with Crippen LogP contribution in [-0.4, -0.2) is 16.7 Å². The van der Waals surface area contributed by atoms with Crippen LogP contribution >= 0.6 is 0 Å². The molecule has 1 aromatic heterocycles. The number of hydrogen-bond donors (Lipinski definition) is 1. The van der Waals surface area contributed by atoms with E-state index in [-0.39, 0.29) is 0 Å². The second kappa shape index (κ2) is 13.7. The highest BCUT2D eigenvalue weighted by Crippen LogP contribution is 2.15. The van der Waals surface area contributed by atoms with Gasteiger partial charge in [0.1, 0.15) is 0 Å². The Hall–Kier alpha value is -1.41. The normalized spacial score (nSPS) is 11.3. The van der Waals surface area contributed by atoms with Crippen molar-refractivity contribution in [1.29, 1.82) is 0 Å². The summed E-state index contributed by atoms with van der Waals surface area (Å²) < 4.78 is 0. The number of aliphatic hydroxyl groups is 1. The fourth-order valence-corrected chi connectivity index (χ4v) is 3.61. The summed E-state index contributed by atoms with van der Waals surface area (Å²) >= 11 is 0. The third kappa shape index (κ3) is 8.80. The highest BCUT2D eigenvalue weighted by Gasteiger charge is 1.99. The van der Waals surface area contributed by atoms with Gasteiger partial charge < -0.3 is 5.11 Å². The number of para-hydroxylation sites is 1. The van der Waals surface area contributed by atoms with E-state index in [9.17, 15) is 0 Å². The van der Waals surface area contributed by atoms with E-state index in [0.29, 0.717) is 6.61 Å². The maximum Gasteiger partial charge on any atom is 0.0705 e. The summed E-state index contributed by atoms with van der Waals surface area (Å²) in [5, 5.41) is 9.97. The Morgan fingerprint density at radius 2 is 1.12 bits per heavy atom. The topological polar surface area (TPSA) is 33.1 Å². The molecule has 2 nitrogen and oxygen atoms in total. The number of aromatic nitrogens is 1. The lowest BCUT2D eigenvalue weighted by Gasteiger charge is -2.04. The van der Waals surface area contributed by atoms with Gasteiger partial charge in [0.05, 0.1) is 5.52 Å². The number of unbranched alkanes of at least 4 members (excludes halogenated alkanes) is 12. The minimum atomic E-state index is 0.360. The first kappa shape index (κ1) is 20.9. The van der Waals surface area contributed by atoms with Gasteiger partial charge in [-0.2, -0.15) is 0 Å². The Morgan fingerprint density at radius 3 is 1.73 bits per heavy atom. The van der Waals surface area contributed by atoms with Gasteiger partial charge in [0, 0.05) is 17.7 Å². The number of hydrogen-bond acceptors (Lipinski definition) is 2. The number of aryl methyl sites for hydroxylation is 1. The minimum absolute atomic E-state index is 0.360. The third-order valence-electron chi connectivity index (χ3n) is 5.25. The van der Waals surface area contributed by atoms with Crippen LogP contribution in [0.3, 0.4) is 0 Å². The first-order valence-electron chi connectivity index (χ1n) is 10.9. The van der Waals surface area contributed by atoms with Crippen LogP contribution in [0.25, 0.3) is 10.9 Å². The average molecular weight is 356 g/mol. The Morgan fingerprint density at radius 1 is 0.577 bits per heavy atom. The van der Waals surface area contributed by atoms with Crippen LogP contribution in [0.15, 0.2) is 36.4 Å². The molecule has 0 spiro atoms. The van der Waals surface area contributed by atoms with Gasteiger partial charge in [0.25, 0.3) is 0 Å². The zero-order valence-electron chi connectivity index (χ0n) is 16.5. The summed E-state index contributed by atoms with van der Waals surface area (Å²) in [5.74, 6) is 0. The molecule has 0 amide bonds. The lowest BCUT2D eigenvalue weighted by molar-refractivity contribution is 0.282. The predicted molar refractivity (Wildman–Crippen MR) is 113 cm³/mol. The number of pyridine rings is 1. The summed E-state index contributed by atoms with van der Waals surface area (Å²) in [4.78, 5) is 4.76. The molecule has 0 unspecified atom stereocenters. The van der Waals surface area contributed by atoms with Gasteiger partial charge in [0.2, 0.25) is 0 Å². The van der Waals surface area contributed by atoms with E-state index in [4.69, 9.17) is 10.1 Å². The van der Waals surface area contributed by atoms with Gasteiger partial charge in [-0.1, -0.05) is 94.9 Å². The summed E-state index contributed by atoms with van der Waals surface area (Å²) in [6.07, 6.45) is 18.3. The Labute approximate surface area is 160 Å². The first-order valence-corrected chi connectivity index (χ1v) is 10.9. The molecule has 1 heterocycles. The Bertz CT molecular complexity index is 596. The van der Waals surface area contributed by atoms with Gasteiger partial charge in [0.15, 0.2) is 0 Å². The Kier molecular flexibility index (Phi) is 11.1. The fourth-order valence-electron chi connectivity index (χ4n) is 3.61. The number of fused-ring (bicyclic) bond motifs is 1. The zero-order valence-corrected chi connectivity index (χ0v) is 16.5. The lowest BCUT2D eigenvalue weighted by Crippen LogP contribution is -1.91. The molecular weight excluding hydrogens is 318 g/mol. The zero-order chi connectivity index (χ0) is 18.3. The van der Waals surface area contributed by atoms with Crippen LogP contribution in [0.2, 0.25) is 0 Å². The van der Waals surface area contributed by atoms with Gasteiger partial charge >= 0.3 is 0 Å². The highest BCUT2D eigenvalue weighted by atomic mass is 16.2. The van der Waals surface area contributed by atoms with Crippen molar-refractivity contribution in [3.8, 4) is 0 Å². The summed E-state index contributed by atoms with van der Waals surface area (Å²) in [7, 11) is 0. The lowest BCUT2D eigenvalue weighted by atomic mass is 10.0. The predicted octanol–water partition coefficient (Wildman–Crippen LogP) is 6.84. The molecule has 2 heteroatoms. The molecule has 144 valence electrons. The number of benzene rings is 1. The second-order valence-electron chi connectivity index (χ2n) is 7.57. The molecule has 1 N–H and O–H groups in total. The van der Waals surface area contributed by atoms with Crippen molar-refractivity contribution < 1.29 is 5.11 Å². The Balaban J connectivity index is 1.40. The summed E-state index contributed by atoms with van der Waals surface area (Å²) in [6, 6.07) is 12.8. The molecule has 26 heavy (non-hydrogen) atoms. The first-order chi connectivity index (χ1) is 12.9. The smallest absolute Gasteiger partial charge is 0.0705 e. The molecule has 0 bridgehead atoms. The molecular formula is C24H37NO. The number of aliphatic hydroxyl groups excluding tert-OH is 1. The van der Waals surface area contributed by atoms with Crippen molar-refractivity contribution in [2.45, 2.75) is 89.9 Å². The highest BCUT2D eigenvalue weighted by molar-refractivity contribution is 5.78. The monoisotopic (exact) mass is 355 g/mol. The van der Waals surface area contributed by atoms with Crippen LogP contribution in [0.4, 0.5) is 0 Å². The molecule has 0 saturated heterocycles. The van der Waals surface area contributed by atoms with Crippen molar-refractivity contribution in [3.63, 3.8) is 0 Å².